The van der Waals surface area contributed by atoms with Gasteiger partial charge in [0.15, 0.2) is 0 Å². The molecule has 8 rings (SSSR count). The molecule has 0 aromatic heterocycles. The minimum Gasteiger partial charge on any atom is -0.274 e. The molecular formula is C42H30F4N2O4Ti. The molecule has 53 heavy (non-hydrogen) atoms. The molecule has 0 radical (unpaired) electrons. The zero-order valence-corrected chi connectivity index (χ0v) is 29.7. The Bertz CT molecular complexity index is 1830. The Morgan fingerprint density at radius 2 is 0.811 bits per heavy atom. The van der Waals surface area contributed by atoms with Crippen LogP contribution < -0.4 is 0 Å². The molecule has 4 aromatic rings. The Hall–Kier alpha value is -5.45. The molecule has 2 heterocycles. The van der Waals surface area contributed by atoms with Crippen molar-refractivity contribution in [2.45, 2.75) is 25.7 Å². The number of nitrogens with zero attached hydrogens (tertiary/aromatic N) is 2. The maximum Gasteiger partial charge on any atom is 4.00 e. The fourth-order valence-electron chi connectivity index (χ4n) is 5.44. The van der Waals surface area contributed by atoms with Crippen LogP contribution in [-0.2, 0) is 34.6 Å². The van der Waals surface area contributed by atoms with Crippen LogP contribution in [0, 0.1) is 47.6 Å². The van der Waals surface area contributed by atoms with Gasteiger partial charge >= 0.3 is 21.7 Å². The SMILES string of the molecule is O=C1c2ccccc2C(=O)N1CCc1cc(F)[c-]c(F)c1.O=C1c2ccccc2C(=O)N1CCc1cc(F)[c-]c(F)c1.[C-]1=CC=CC1.[C-]1=CC=CC1.[Ti+4]. The number of halogens is 4. The van der Waals surface area contributed by atoms with Crippen molar-refractivity contribution in [3.63, 3.8) is 0 Å². The molecule has 0 unspecified atom stereocenters. The van der Waals surface area contributed by atoms with Gasteiger partial charge in [-0.15, -0.1) is 49.2 Å². The Labute approximate surface area is 319 Å². The molecule has 4 aliphatic rings. The van der Waals surface area contributed by atoms with E-state index in [1.54, 1.807) is 48.5 Å². The van der Waals surface area contributed by atoms with Gasteiger partial charge in [0.05, 0.1) is 22.3 Å². The third-order valence-corrected chi connectivity index (χ3v) is 7.90. The first kappa shape index (κ1) is 40.3. The Morgan fingerprint density at radius 3 is 1.04 bits per heavy atom. The number of allylic oxidation sites excluding steroid dienone is 8. The van der Waals surface area contributed by atoms with Crippen molar-refractivity contribution in [2.24, 2.45) is 0 Å². The number of rotatable bonds is 6. The molecule has 0 saturated carbocycles. The molecule has 2 aliphatic carbocycles. The summed E-state index contributed by atoms with van der Waals surface area (Å²) in [4.78, 5) is 50.6. The van der Waals surface area contributed by atoms with Crippen LogP contribution in [0.5, 0.6) is 0 Å². The number of hydrogen-bond acceptors (Lipinski definition) is 4. The molecule has 2 aliphatic heterocycles. The maximum atomic E-state index is 13.1. The number of hydrogen-bond donors (Lipinski definition) is 0. The molecule has 4 aromatic carbocycles. The first-order valence-electron chi connectivity index (χ1n) is 16.2. The minimum atomic E-state index is -0.799. The predicted octanol–water partition coefficient (Wildman–Crippen LogP) is 7.82. The van der Waals surface area contributed by atoms with E-state index in [9.17, 15) is 36.7 Å². The van der Waals surface area contributed by atoms with E-state index in [4.69, 9.17) is 0 Å². The van der Waals surface area contributed by atoms with E-state index in [0.717, 1.165) is 46.9 Å². The fourth-order valence-corrected chi connectivity index (χ4v) is 5.44. The van der Waals surface area contributed by atoms with Crippen molar-refractivity contribution >= 4 is 23.6 Å². The number of benzene rings is 4. The monoisotopic (exact) mass is 750 g/mol. The van der Waals surface area contributed by atoms with Crippen molar-refractivity contribution in [1.29, 1.82) is 0 Å². The molecule has 0 saturated heterocycles. The van der Waals surface area contributed by atoms with Crippen LogP contribution in [-0.4, -0.2) is 46.5 Å². The summed E-state index contributed by atoms with van der Waals surface area (Å²) in [6.07, 6.45) is 20.4. The standard InChI is InChI=1S/2C16H10F2NO2.2C5H5.Ti/c2*17-11-7-10(8-12(18)9-11)5-6-19-15(20)13-3-1-2-4-14(13)16(19)21;2*1-2-4-5-3-1;/h2*1-4,7-8H,5-6H2;2*1-3H,4H2;/q4*-1;+4. The Kier molecular flexibility index (Phi) is 14.8. The molecule has 0 spiro atoms. The van der Waals surface area contributed by atoms with Crippen LogP contribution in [0.2, 0.25) is 0 Å². The van der Waals surface area contributed by atoms with E-state index in [0.29, 0.717) is 33.4 Å². The quantitative estimate of drug-likeness (QED) is 0.0873. The number of carbonyl (C=O) groups is 4. The number of carbonyl (C=O) groups excluding carboxylic acids is 4. The average molecular weight is 751 g/mol. The second kappa shape index (κ2) is 19.4. The van der Waals surface area contributed by atoms with Crippen LogP contribution in [0.25, 0.3) is 0 Å². The van der Waals surface area contributed by atoms with Crippen molar-refractivity contribution in [1.82, 2.24) is 9.80 Å². The molecule has 0 bridgehead atoms. The van der Waals surface area contributed by atoms with E-state index >= 15 is 0 Å². The van der Waals surface area contributed by atoms with Crippen LogP contribution >= 0.6 is 0 Å². The Morgan fingerprint density at radius 1 is 0.509 bits per heavy atom. The van der Waals surface area contributed by atoms with Gasteiger partial charge in [-0.25, -0.2) is 41.9 Å². The largest absolute Gasteiger partial charge is 4.00 e. The molecule has 0 atom stereocenters. The van der Waals surface area contributed by atoms with E-state index in [1.807, 2.05) is 36.4 Å². The van der Waals surface area contributed by atoms with Crippen LogP contribution in [0.1, 0.15) is 65.4 Å². The smallest absolute Gasteiger partial charge is 0.274 e. The second-order valence-corrected chi connectivity index (χ2v) is 11.5. The van der Waals surface area contributed by atoms with Gasteiger partial charge in [-0.1, -0.05) is 24.3 Å². The van der Waals surface area contributed by atoms with Gasteiger partial charge in [0.25, 0.3) is 23.6 Å². The van der Waals surface area contributed by atoms with E-state index in [2.05, 4.69) is 24.3 Å². The third kappa shape index (κ3) is 10.8. The number of imide groups is 2. The van der Waals surface area contributed by atoms with Crippen LogP contribution in [0.3, 0.4) is 0 Å². The molecule has 0 N–H and O–H groups in total. The fraction of sp³-hybridized carbons (Fsp3) is 0.143. The summed E-state index contributed by atoms with van der Waals surface area (Å²) in [5, 5.41) is 0. The summed E-state index contributed by atoms with van der Waals surface area (Å²) in [6, 6.07) is 21.4. The van der Waals surface area contributed by atoms with Gasteiger partial charge in [-0.2, -0.15) is 23.3 Å². The van der Waals surface area contributed by atoms with Crippen molar-refractivity contribution in [3.8, 4) is 0 Å². The second-order valence-electron chi connectivity index (χ2n) is 11.5. The van der Waals surface area contributed by atoms with E-state index in [-0.39, 0.29) is 71.3 Å². The minimum absolute atomic E-state index is 0. The molecule has 11 heteroatoms. The van der Waals surface area contributed by atoms with Gasteiger partial charge in [0.1, 0.15) is 0 Å². The average Bonchev–Trinajstić information content (AvgIpc) is 3.96. The van der Waals surface area contributed by atoms with Gasteiger partial charge in [-0.3, -0.25) is 41.1 Å². The first-order valence-corrected chi connectivity index (χ1v) is 16.2. The van der Waals surface area contributed by atoms with Gasteiger partial charge in [0, 0.05) is 36.4 Å². The normalized spacial score (nSPS) is 14.2. The molecule has 0 fully saturated rings. The number of amides is 4. The predicted molar refractivity (Wildman–Crippen MR) is 185 cm³/mol. The zero-order chi connectivity index (χ0) is 37.0. The van der Waals surface area contributed by atoms with Crippen molar-refractivity contribution in [3.05, 3.63) is 190 Å². The summed E-state index contributed by atoms with van der Waals surface area (Å²) in [5.74, 6) is -4.70. The zero-order valence-electron chi connectivity index (χ0n) is 28.2. The molecular weight excluding hydrogens is 720 g/mol. The van der Waals surface area contributed by atoms with Gasteiger partial charge in [-0.05, 0) is 37.1 Å². The number of fused-ring (bicyclic) bond motifs is 2. The molecule has 6 nitrogen and oxygen atoms in total. The van der Waals surface area contributed by atoms with Gasteiger partial charge < -0.3 is 0 Å². The molecule has 264 valence electrons. The third-order valence-electron chi connectivity index (χ3n) is 7.90. The first-order chi connectivity index (χ1) is 25.1. The summed E-state index contributed by atoms with van der Waals surface area (Å²) in [5.41, 5.74) is 2.20. The molecule has 4 amide bonds. The van der Waals surface area contributed by atoms with E-state index in [1.165, 1.54) is 0 Å². The summed E-state index contributed by atoms with van der Waals surface area (Å²) < 4.78 is 52.2. The van der Waals surface area contributed by atoms with Crippen molar-refractivity contribution < 1.29 is 58.5 Å². The van der Waals surface area contributed by atoms with E-state index < -0.39 is 23.3 Å². The summed E-state index contributed by atoms with van der Waals surface area (Å²) in [7, 11) is 0. The topological polar surface area (TPSA) is 74.8 Å². The summed E-state index contributed by atoms with van der Waals surface area (Å²) >= 11 is 0. The Balaban J connectivity index is 0.000000184. The van der Waals surface area contributed by atoms with Crippen molar-refractivity contribution in [2.75, 3.05) is 13.1 Å². The van der Waals surface area contributed by atoms with Gasteiger partial charge in [0.2, 0.25) is 0 Å². The van der Waals surface area contributed by atoms with Crippen LogP contribution in [0.15, 0.2) is 109 Å². The van der Waals surface area contributed by atoms with Crippen LogP contribution in [0.4, 0.5) is 17.6 Å². The maximum absolute atomic E-state index is 13.1. The summed E-state index contributed by atoms with van der Waals surface area (Å²) in [6.45, 7) is 0.157.